The molecule has 0 spiro atoms. The number of hydrogen-bond donors (Lipinski definition) is 1. The summed E-state index contributed by atoms with van der Waals surface area (Å²) in [5.74, 6) is 0.831. The average molecular weight is 228 g/mol. The van der Waals surface area contributed by atoms with Crippen LogP contribution in [0.25, 0.3) is 11.3 Å². The van der Waals surface area contributed by atoms with E-state index in [0.29, 0.717) is 0 Å². The normalized spacial score (nSPS) is 10.4. The number of aryl methyl sites for hydroxylation is 1. The first-order chi connectivity index (χ1) is 8.13. The Morgan fingerprint density at radius 2 is 1.82 bits per heavy atom. The Kier molecular flexibility index (Phi) is 3.04. The lowest BCUT2D eigenvalue weighted by Gasteiger charge is -2.10. The molecule has 4 nitrogen and oxygen atoms in total. The van der Waals surface area contributed by atoms with Crippen molar-refractivity contribution in [3.8, 4) is 11.3 Å². The minimum absolute atomic E-state index is 0.831. The summed E-state index contributed by atoms with van der Waals surface area (Å²) < 4.78 is 0. The maximum atomic E-state index is 4.28. The fourth-order valence-corrected chi connectivity index (χ4v) is 1.81. The molecule has 17 heavy (non-hydrogen) atoms. The van der Waals surface area contributed by atoms with Crippen LogP contribution in [0.4, 0.5) is 5.82 Å². The van der Waals surface area contributed by atoms with Gasteiger partial charge in [-0.1, -0.05) is 0 Å². The van der Waals surface area contributed by atoms with Gasteiger partial charge >= 0.3 is 0 Å². The molecule has 0 bridgehead atoms. The highest BCUT2D eigenvalue weighted by Crippen LogP contribution is 2.25. The summed E-state index contributed by atoms with van der Waals surface area (Å²) in [7, 11) is 1.85. The van der Waals surface area contributed by atoms with E-state index in [4.69, 9.17) is 0 Å². The van der Waals surface area contributed by atoms with Gasteiger partial charge < -0.3 is 5.32 Å². The van der Waals surface area contributed by atoms with Gasteiger partial charge in [0.2, 0.25) is 0 Å². The molecule has 0 radical (unpaired) electrons. The monoisotopic (exact) mass is 228 g/mol. The first-order valence-electron chi connectivity index (χ1n) is 5.58. The van der Waals surface area contributed by atoms with Crippen LogP contribution in [0.15, 0.2) is 18.3 Å². The lowest BCUT2D eigenvalue weighted by Crippen LogP contribution is -2.02. The summed E-state index contributed by atoms with van der Waals surface area (Å²) in [5.41, 5.74) is 5.25. The number of pyridine rings is 1. The molecule has 2 aromatic rings. The molecule has 0 fully saturated rings. The van der Waals surface area contributed by atoms with Crippen LogP contribution in [0.5, 0.6) is 0 Å². The zero-order valence-corrected chi connectivity index (χ0v) is 10.6. The van der Waals surface area contributed by atoms with Crippen molar-refractivity contribution in [2.45, 2.75) is 20.8 Å². The smallest absolute Gasteiger partial charge is 0.151 e. The van der Waals surface area contributed by atoms with Gasteiger partial charge in [-0.25, -0.2) is 0 Å². The first-order valence-corrected chi connectivity index (χ1v) is 5.58. The third-order valence-corrected chi connectivity index (χ3v) is 2.93. The minimum Gasteiger partial charge on any atom is -0.371 e. The van der Waals surface area contributed by atoms with E-state index >= 15 is 0 Å². The predicted octanol–water partition coefficient (Wildman–Crippen LogP) is 2.51. The van der Waals surface area contributed by atoms with Crippen molar-refractivity contribution < 1.29 is 0 Å². The highest BCUT2D eigenvalue weighted by molar-refractivity contribution is 5.66. The Balaban J connectivity index is 2.57. The van der Waals surface area contributed by atoms with Gasteiger partial charge in [-0.2, -0.15) is 0 Å². The molecule has 0 saturated heterocycles. The highest BCUT2D eigenvalue weighted by atomic mass is 15.2. The van der Waals surface area contributed by atoms with Gasteiger partial charge in [0.1, 0.15) is 0 Å². The number of aromatic nitrogens is 3. The van der Waals surface area contributed by atoms with Crippen molar-refractivity contribution in [3.63, 3.8) is 0 Å². The Bertz CT molecular complexity index is 549. The van der Waals surface area contributed by atoms with Crippen molar-refractivity contribution >= 4 is 5.82 Å². The number of nitrogens with one attached hydrogen (secondary N) is 1. The zero-order valence-electron chi connectivity index (χ0n) is 10.6. The van der Waals surface area contributed by atoms with E-state index in [9.17, 15) is 0 Å². The lowest BCUT2D eigenvalue weighted by molar-refractivity contribution is 1.00. The van der Waals surface area contributed by atoms with Gasteiger partial charge in [-0.3, -0.25) is 4.98 Å². The van der Waals surface area contributed by atoms with Crippen LogP contribution in [0.1, 0.15) is 16.8 Å². The van der Waals surface area contributed by atoms with E-state index in [1.54, 1.807) is 6.20 Å². The Labute approximate surface area is 101 Å². The van der Waals surface area contributed by atoms with E-state index in [2.05, 4.69) is 27.4 Å². The summed E-state index contributed by atoms with van der Waals surface area (Å²) in [6, 6.07) is 3.98. The average Bonchev–Trinajstić information content (AvgIpc) is 2.32. The highest BCUT2D eigenvalue weighted by Gasteiger charge is 2.10. The standard InChI is InChI=1S/C13H16N4/c1-8-7-11(5-6-15-8)12-9(2)10(3)13(14-4)17-16-12/h5-7H,1-4H3,(H,14,17). The molecule has 0 amide bonds. The van der Waals surface area contributed by atoms with Crippen molar-refractivity contribution in [3.05, 3.63) is 35.2 Å². The van der Waals surface area contributed by atoms with Crippen molar-refractivity contribution in [2.24, 2.45) is 0 Å². The lowest BCUT2D eigenvalue weighted by atomic mass is 10.0. The summed E-state index contributed by atoms with van der Waals surface area (Å²) >= 11 is 0. The molecule has 88 valence electrons. The van der Waals surface area contributed by atoms with Gasteiger partial charge in [-0.15, -0.1) is 10.2 Å². The summed E-state index contributed by atoms with van der Waals surface area (Å²) in [5, 5.41) is 11.5. The molecule has 2 rings (SSSR count). The topological polar surface area (TPSA) is 50.7 Å². The van der Waals surface area contributed by atoms with Gasteiger partial charge in [0.05, 0.1) is 5.69 Å². The van der Waals surface area contributed by atoms with Crippen molar-refractivity contribution in [1.82, 2.24) is 15.2 Å². The second-order valence-electron chi connectivity index (χ2n) is 4.08. The number of nitrogens with zero attached hydrogens (tertiary/aromatic N) is 3. The quantitative estimate of drug-likeness (QED) is 0.858. The first kappa shape index (κ1) is 11.5. The van der Waals surface area contributed by atoms with Crippen molar-refractivity contribution in [1.29, 1.82) is 0 Å². The van der Waals surface area contributed by atoms with Gasteiger partial charge in [0.25, 0.3) is 0 Å². The fourth-order valence-electron chi connectivity index (χ4n) is 1.81. The molecular formula is C13H16N4. The van der Waals surface area contributed by atoms with E-state index in [-0.39, 0.29) is 0 Å². The Morgan fingerprint density at radius 3 is 2.47 bits per heavy atom. The van der Waals surface area contributed by atoms with Crippen LogP contribution in [0.2, 0.25) is 0 Å². The molecule has 2 aromatic heterocycles. The second kappa shape index (κ2) is 4.49. The number of hydrogen-bond acceptors (Lipinski definition) is 4. The van der Waals surface area contributed by atoms with Crippen molar-refractivity contribution in [2.75, 3.05) is 12.4 Å². The van der Waals surface area contributed by atoms with E-state index in [1.807, 2.05) is 33.0 Å². The molecule has 0 aromatic carbocycles. The molecule has 4 heteroatoms. The third kappa shape index (κ3) is 2.11. The molecule has 0 aliphatic heterocycles. The van der Waals surface area contributed by atoms with E-state index in [1.165, 1.54) is 0 Å². The summed E-state index contributed by atoms with van der Waals surface area (Å²) in [6.07, 6.45) is 1.80. The molecule has 0 unspecified atom stereocenters. The molecule has 0 saturated carbocycles. The number of anilines is 1. The molecule has 2 heterocycles. The molecular weight excluding hydrogens is 212 g/mol. The van der Waals surface area contributed by atoms with E-state index < -0.39 is 0 Å². The van der Waals surface area contributed by atoms with Gasteiger partial charge in [-0.05, 0) is 44.0 Å². The molecule has 1 N–H and O–H groups in total. The van der Waals surface area contributed by atoms with Gasteiger partial charge in [0.15, 0.2) is 5.82 Å². The van der Waals surface area contributed by atoms with Crippen LogP contribution in [0.3, 0.4) is 0 Å². The van der Waals surface area contributed by atoms with Crippen LogP contribution >= 0.6 is 0 Å². The third-order valence-electron chi connectivity index (χ3n) is 2.93. The van der Waals surface area contributed by atoms with E-state index in [0.717, 1.165) is 33.9 Å². The molecule has 0 aliphatic rings. The SMILES string of the molecule is CNc1nnc(-c2ccnc(C)c2)c(C)c1C. The predicted molar refractivity (Wildman–Crippen MR) is 69.0 cm³/mol. The number of rotatable bonds is 2. The summed E-state index contributed by atoms with van der Waals surface area (Å²) in [4.78, 5) is 4.19. The Morgan fingerprint density at radius 1 is 1.06 bits per heavy atom. The van der Waals surface area contributed by atoms with Crippen LogP contribution < -0.4 is 5.32 Å². The van der Waals surface area contributed by atoms with Gasteiger partial charge in [0, 0.05) is 24.5 Å². The maximum Gasteiger partial charge on any atom is 0.151 e. The zero-order chi connectivity index (χ0) is 12.4. The maximum absolute atomic E-state index is 4.28. The minimum atomic E-state index is 0.831. The van der Waals surface area contributed by atoms with Crippen LogP contribution in [-0.2, 0) is 0 Å². The van der Waals surface area contributed by atoms with Crippen LogP contribution in [0, 0.1) is 20.8 Å². The second-order valence-corrected chi connectivity index (χ2v) is 4.08. The molecule has 0 aliphatic carbocycles. The summed E-state index contributed by atoms with van der Waals surface area (Å²) in [6.45, 7) is 6.09. The largest absolute Gasteiger partial charge is 0.371 e. The molecule has 0 atom stereocenters. The fraction of sp³-hybridized carbons (Fsp3) is 0.308. The Hall–Kier alpha value is -1.97. The van der Waals surface area contributed by atoms with Crippen LogP contribution in [-0.4, -0.2) is 22.2 Å².